The third kappa shape index (κ3) is 5.20. The second-order valence-electron chi connectivity index (χ2n) is 6.47. The molecule has 1 aliphatic rings. The number of rotatable bonds is 5. The van der Waals surface area contributed by atoms with Gasteiger partial charge in [0.2, 0.25) is 5.91 Å². The first-order valence-electron chi connectivity index (χ1n) is 7.71. The van der Waals surface area contributed by atoms with E-state index in [9.17, 15) is 19.5 Å². The van der Waals surface area contributed by atoms with Crippen molar-refractivity contribution in [1.82, 2.24) is 15.1 Å². The highest BCUT2D eigenvalue weighted by molar-refractivity contribution is 5.85. The summed E-state index contributed by atoms with van der Waals surface area (Å²) in [5.74, 6) is -1.24. The van der Waals surface area contributed by atoms with Gasteiger partial charge < -0.3 is 20.2 Å². The number of likely N-dealkylation sites (tertiary alicyclic amines) is 1. The molecule has 1 saturated heterocycles. The lowest BCUT2D eigenvalue weighted by Gasteiger charge is -2.33. The van der Waals surface area contributed by atoms with Gasteiger partial charge in [0, 0.05) is 33.1 Å². The number of carbonyl (C=O) groups excluding carboxylic acids is 2. The fourth-order valence-corrected chi connectivity index (χ4v) is 2.60. The summed E-state index contributed by atoms with van der Waals surface area (Å²) >= 11 is 0. The van der Waals surface area contributed by atoms with Crippen LogP contribution in [0.3, 0.4) is 0 Å². The first-order chi connectivity index (χ1) is 10.2. The fourth-order valence-electron chi connectivity index (χ4n) is 2.60. The smallest absolute Gasteiger partial charge is 0.326 e. The van der Waals surface area contributed by atoms with Gasteiger partial charge in [0.25, 0.3) is 0 Å². The summed E-state index contributed by atoms with van der Waals surface area (Å²) in [6.07, 6.45) is 1.55. The second kappa shape index (κ2) is 8.00. The van der Waals surface area contributed by atoms with Crippen molar-refractivity contribution in [2.45, 2.75) is 39.2 Å². The molecule has 0 radical (unpaired) electrons. The van der Waals surface area contributed by atoms with E-state index in [1.807, 2.05) is 13.8 Å². The molecule has 1 aliphatic heterocycles. The average Bonchev–Trinajstić information content (AvgIpc) is 2.45. The van der Waals surface area contributed by atoms with Crippen LogP contribution in [0.1, 0.15) is 33.1 Å². The standard InChI is InChI=1S/C15H27N3O4/c1-10(2)9-12(14(20)21)16-13(19)11-5-7-18(8-6-11)15(22)17(3)4/h10-12H,5-9H2,1-4H3,(H,16,19)(H,20,21)/t12-/m0/s1. The van der Waals surface area contributed by atoms with Crippen LogP contribution < -0.4 is 5.32 Å². The van der Waals surface area contributed by atoms with E-state index in [4.69, 9.17) is 0 Å². The van der Waals surface area contributed by atoms with Crippen molar-refractivity contribution in [3.05, 3.63) is 0 Å². The van der Waals surface area contributed by atoms with E-state index >= 15 is 0 Å². The highest BCUT2D eigenvalue weighted by Crippen LogP contribution is 2.19. The third-order valence-corrected chi connectivity index (χ3v) is 3.84. The zero-order chi connectivity index (χ0) is 16.9. The lowest BCUT2D eigenvalue weighted by atomic mass is 9.95. The highest BCUT2D eigenvalue weighted by Gasteiger charge is 2.30. The zero-order valence-corrected chi connectivity index (χ0v) is 13.8. The summed E-state index contributed by atoms with van der Waals surface area (Å²) in [6, 6.07) is -0.893. The summed E-state index contributed by atoms with van der Waals surface area (Å²) < 4.78 is 0. The number of carboxylic acids is 1. The van der Waals surface area contributed by atoms with E-state index in [1.165, 1.54) is 4.90 Å². The minimum absolute atomic E-state index is 0.0536. The molecule has 0 spiro atoms. The Morgan fingerprint density at radius 3 is 2.18 bits per heavy atom. The third-order valence-electron chi connectivity index (χ3n) is 3.84. The van der Waals surface area contributed by atoms with Gasteiger partial charge in [-0.15, -0.1) is 0 Å². The van der Waals surface area contributed by atoms with E-state index in [0.717, 1.165) is 0 Å². The van der Waals surface area contributed by atoms with Crippen LogP contribution in [-0.2, 0) is 9.59 Å². The Labute approximate surface area is 131 Å². The predicted octanol–water partition coefficient (Wildman–Crippen LogP) is 0.996. The predicted molar refractivity (Wildman–Crippen MR) is 82.4 cm³/mol. The molecular weight excluding hydrogens is 286 g/mol. The van der Waals surface area contributed by atoms with Crippen molar-refractivity contribution in [3.63, 3.8) is 0 Å². The number of nitrogens with one attached hydrogen (secondary N) is 1. The average molecular weight is 313 g/mol. The Balaban J connectivity index is 2.51. The van der Waals surface area contributed by atoms with Crippen LogP contribution >= 0.6 is 0 Å². The topological polar surface area (TPSA) is 90.0 Å². The maximum absolute atomic E-state index is 12.2. The molecule has 22 heavy (non-hydrogen) atoms. The molecule has 126 valence electrons. The van der Waals surface area contributed by atoms with Crippen molar-refractivity contribution < 1.29 is 19.5 Å². The van der Waals surface area contributed by atoms with E-state index in [1.54, 1.807) is 19.0 Å². The minimum Gasteiger partial charge on any atom is -0.480 e. The van der Waals surface area contributed by atoms with Gasteiger partial charge in [0.05, 0.1) is 0 Å². The molecule has 7 heteroatoms. The Morgan fingerprint density at radius 1 is 1.23 bits per heavy atom. The summed E-state index contributed by atoms with van der Waals surface area (Å²) in [7, 11) is 3.40. The Kier molecular flexibility index (Phi) is 6.64. The lowest BCUT2D eigenvalue weighted by molar-refractivity contribution is -0.143. The van der Waals surface area contributed by atoms with Gasteiger partial charge in [-0.3, -0.25) is 4.79 Å². The maximum atomic E-state index is 12.2. The molecule has 2 N–H and O–H groups in total. The van der Waals surface area contributed by atoms with Crippen LogP contribution in [0.2, 0.25) is 0 Å². The van der Waals surface area contributed by atoms with Gasteiger partial charge in [0.15, 0.2) is 0 Å². The van der Waals surface area contributed by atoms with Crippen molar-refractivity contribution >= 4 is 17.9 Å². The number of urea groups is 1. The van der Waals surface area contributed by atoms with Gasteiger partial charge in [-0.25, -0.2) is 9.59 Å². The van der Waals surface area contributed by atoms with E-state index < -0.39 is 12.0 Å². The van der Waals surface area contributed by atoms with Crippen molar-refractivity contribution in [1.29, 1.82) is 0 Å². The lowest BCUT2D eigenvalue weighted by Crippen LogP contribution is -2.49. The molecule has 0 aromatic heterocycles. The number of carbonyl (C=O) groups is 3. The summed E-state index contributed by atoms with van der Waals surface area (Å²) in [6.45, 7) is 4.90. The van der Waals surface area contributed by atoms with Crippen molar-refractivity contribution in [3.8, 4) is 0 Å². The summed E-state index contributed by atoms with van der Waals surface area (Å²) in [5, 5.41) is 11.8. The minimum atomic E-state index is -0.998. The Hall–Kier alpha value is -1.79. The molecule has 7 nitrogen and oxygen atoms in total. The number of nitrogens with zero attached hydrogens (tertiary/aromatic N) is 2. The quantitative estimate of drug-likeness (QED) is 0.792. The number of hydrogen-bond donors (Lipinski definition) is 2. The molecule has 1 heterocycles. The molecule has 1 rings (SSSR count). The van der Waals surface area contributed by atoms with Crippen molar-refractivity contribution in [2.24, 2.45) is 11.8 Å². The molecule has 0 unspecified atom stereocenters. The monoisotopic (exact) mass is 313 g/mol. The fraction of sp³-hybridized carbons (Fsp3) is 0.800. The Bertz CT molecular complexity index is 415. The van der Waals surface area contributed by atoms with Gasteiger partial charge >= 0.3 is 12.0 Å². The molecule has 0 bridgehead atoms. The van der Waals surface area contributed by atoms with Crippen molar-refractivity contribution in [2.75, 3.05) is 27.2 Å². The van der Waals surface area contributed by atoms with E-state index in [0.29, 0.717) is 32.4 Å². The second-order valence-corrected chi connectivity index (χ2v) is 6.47. The van der Waals surface area contributed by atoms with Gasteiger partial charge in [-0.2, -0.15) is 0 Å². The van der Waals surface area contributed by atoms with Gasteiger partial charge in [-0.05, 0) is 25.2 Å². The molecule has 1 fully saturated rings. The van der Waals surface area contributed by atoms with Crippen LogP contribution in [0.5, 0.6) is 0 Å². The number of hydrogen-bond acceptors (Lipinski definition) is 3. The Morgan fingerprint density at radius 2 is 1.77 bits per heavy atom. The van der Waals surface area contributed by atoms with Crippen LogP contribution in [0, 0.1) is 11.8 Å². The van der Waals surface area contributed by atoms with Crippen LogP contribution in [0.15, 0.2) is 0 Å². The van der Waals surface area contributed by atoms with Crippen LogP contribution in [0.25, 0.3) is 0 Å². The summed E-state index contributed by atoms with van der Waals surface area (Å²) in [4.78, 5) is 38.5. The van der Waals surface area contributed by atoms with E-state index in [-0.39, 0.29) is 23.8 Å². The number of aliphatic carboxylic acids is 1. The highest BCUT2D eigenvalue weighted by atomic mass is 16.4. The molecule has 1 atom stereocenters. The SMILES string of the molecule is CC(C)C[C@H](NC(=O)C1CCN(C(=O)N(C)C)CC1)C(=O)O. The molecule has 0 aromatic rings. The first kappa shape index (κ1) is 18.3. The normalized spacial score (nSPS) is 17.2. The largest absolute Gasteiger partial charge is 0.480 e. The molecule has 0 aliphatic carbocycles. The molecule has 0 aromatic carbocycles. The molecule has 0 saturated carbocycles. The number of amides is 3. The maximum Gasteiger partial charge on any atom is 0.326 e. The first-order valence-corrected chi connectivity index (χ1v) is 7.71. The van der Waals surface area contributed by atoms with E-state index in [2.05, 4.69) is 5.32 Å². The van der Waals surface area contributed by atoms with Crippen LogP contribution in [0.4, 0.5) is 4.79 Å². The molecule has 3 amide bonds. The summed E-state index contributed by atoms with van der Waals surface area (Å²) in [5.41, 5.74) is 0. The van der Waals surface area contributed by atoms with Gasteiger partial charge in [-0.1, -0.05) is 13.8 Å². The number of piperidine rings is 1. The molecular formula is C15H27N3O4. The number of carboxylic acid groups (broad SMARTS) is 1. The zero-order valence-electron chi connectivity index (χ0n) is 13.8. The van der Waals surface area contributed by atoms with Gasteiger partial charge in [0.1, 0.15) is 6.04 Å². The van der Waals surface area contributed by atoms with Crippen LogP contribution in [-0.4, -0.2) is 66.0 Å².